The van der Waals surface area contributed by atoms with E-state index in [1.165, 1.54) is 21.9 Å². The van der Waals surface area contributed by atoms with Crippen LogP contribution in [0, 0.1) is 5.41 Å². The highest BCUT2D eigenvalue weighted by atomic mass is 32.1. The summed E-state index contributed by atoms with van der Waals surface area (Å²) in [5.41, 5.74) is 2.24. The highest BCUT2D eigenvalue weighted by Gasteiger charge is 2.07. The summed E-state index contributed by atoms with van der Waals surface area (Å²) in [6.45, 7) is 0. The van der Waals surface area contributed by atoms with Crippen molar-refractivity contribution in [1.82, 2.24) is 4.57 Å². The van der Waals surface area contributed by atoms with E-state index < -0.39 is 0 Å². The maximum absolute atomic E-state index is 8.04. The van der Waals surface area contributed by atoms with E-state index in [2.05, 4.69) is 22.9 Å². The Hall–Kier alpha value is -1.65. The molecule has 4 heteroatoms. The van der Waals surface area contributed by atoms with Crippen LogP contribution in [-0.4, -0.2) is 4.57 Å². The number of para-hydroxylation sites is 1. The summed E-state index contributed by atoms with van der Waals surface area (Å²) >= 11 is 3.24. The van der Waals surface area contributed by atoms with Crippen LogP contribution < -0.4 is 4.80 Å². The molecule has 0 saturated carbocycles. The van der Waals surface area contributed by atoms with E-state index in [0.29, 0.717) is 4.80 Å². The van der Waals surface area contributed by atoms with Crippen molar-refractivity contribution in [2.45, 2.75) is 6.42 Å². The first-order chi connectivity index (χ1) is 8.84. The quantitative estimate of drug-likeness (QED) is 0.754. The molecule has 0 bridgehead atoms. The molecule has 3 aromatic rings. The standard InChI is InChI=1S/C14H12N2S2/c15-14-16(11-5-2-1-3-6-11)12(10-18-14)9-13-7-4-8-17-13/h1-8,10,15H,9H2. The van der Waals surface area contributed by atoms with Crippen molar-refractivity contribution in [3.05, 3.63) is 68.6 Å². The van der Waals surface area contributed by atoms with Crippen molar-refractivity contribution < 1.29 is 0 Å². The molecule has 1 aromatic carbocycles. The predicted molar refractivity (Wildman–Crippen MR) is 76.6 cm³/mol. The Morgan fingerprint density at radius 2 is 1.83 bits per heavy atom. The van der Waals surface area contributed by atoms with Gasteiger partial charge in [0.05, 0.1) is 0 Å². The van der Waals surface area contributed by atoms with Crippen LogP contribution in [0.4, 0.5) is 0 Å². The molecule has 2 nitrogen and oxygen atoms in total. The first-order valence-electron chi connectivity index (χ1n) is 5.66. The number of thiazole rings is 1. The van der Waals surface area contributed by atoms with Crippen LogP contribution >= 0.6 is 22.7 Å². The highest BCUT2D eigenvalue weighted by molar-refractivity contribution is 7.10. The SMILES string of the molecule is N=c1scc(Cc2cccs2)n1-c1ccccc1. The van der Waals surface area contributed by atoms with Gasteiger partial charge in [-0.2, -0.15) is 0 Å². The number of thiophene rings is 1. The minimum Gasteiger partial charge on any atom is -0.290 e. The molecular formula is C14H12N2S2. The van der Waals surface area contributed by atoms with Crippen molar-refractivity contribution in [2.24, 2.45) is 0 Å². The summed E-state index contributed by atoms with van der Waals surface area (Å²) < 4.78 is 2.02. The molecule has 0 spiro atoms. The molecule has 0 aliphatic heterocycles. The molecule has 3 rings (SSSR count). The maximum Gasteiger partial charge on any atom is 0.186 e. The second kappa shape index (κ2) is 4.92. The molecule has 0 saturated heterocycles. The summed E-state index contributed by atoms with van der Waals surface area (Å²) in [4.78, 5) is 1.91. The first kappa shape index (κ1) is 11.4. The topological polar surface area (TPSA) is 28.8 Å². The van der Waals surface area contributed by atoms with Crippen molar-refractivity contribution in [3.63, 3.8) is 0 Å². The zero-order valence-corrected chi connectivity index (χ0v) is 11.3. The number of rotatable bonds is 3. The minimum atomic E-state index is 0.577. The Morgan fingerprint density at radius 3 is 2.56 bits per heavy atom. The third-order valence-electron chi connectivity index (χ3n) is 2.75. The van der Waals surface area contributed by atoms with Crippen LogP contribution in [0.1, 0.15) is 10.6 Å². The average molecular weight is 272 g/mol. The van der Waals surface area contributed by atoms with Gasteiger partial charge in [0, 0.05) is 28.1 Å². The lowest BCUT2D eigenvalue weighted by Gasteiger charge is -2.07. The second-order valence-electron chi connectivity index (χ2n) is 3.96. The molecule has 0 fully saturated rings. The fraction of sp³-hybridized carbons (Fsp3) is 0.0714. The molecular weight excluding hydrogens is 260 g/mol. The van der Waals surface area contributed by atoms with E-state index in [1.807, 2.05) is 34.9 Å². The molecule has 0 atom stereocenters. The third kappa shape index (κ3) is 2.17. The van der Waals surface area contributed by atoms with Gasteiger partial charge >= 0.3 is 0 Å². The molecule has 1 N–H and O–H groups in total. The molecule has 0 radical (unpaired) electrons. The van der Waals surface area contributed by atoms with Crippen LogP contribution in [0.3, 0.4) is 0 Å². The number of hydrogen-bond donors (Lipinski definition) is 1. The molecule has 2 heterocycles. The van der Waals surface area contributed by atoms with Gasteiger partial charge in [0.15, 0.2) is 4.80 Å². The molecule has 18 heavy (non-hydrogen) atoms. The Kier molecular flexibility index (Phi) is 3.13. The Balaban J connectivity index is 2.05. The average Bonchev–Trinajstić information content (AvgIpc) is 3.02. The first-order valence-corrected chi connectivity index (χ1v) is 7.42. The molecule has 0 unspecified atom stereocenters. The van der Waals surface area contributed by atoms with Crippen molar-refractivity contribution >= 4 is 22.7 Å². The summed E-state index contributed by atoms with van der Waals surface area (Å²) in [7, 11) is 0. The van der Waals surface area contributed by atoms with Crippen molar-refractivity contribution in [2.75, 3.05) is 0 Å². The number of aromatic nitrogens is 1. The molecule has 90 valence electrons. The van der Waals surface area contributed by atoms with Crippen molar-refractivity contribution in [1.29, 1.82) is 5.41 Å². The van der Waals surface area contributed by atoms with E-state index in [-0.39, 0.29) is 0 Å². The molecule has 2 aromatic heterocycles. The monoisotopic (exact) mass is 272 g/mol. The minimum absolute atomic E-state index is 0.577. The van der Waals surface area contributed by atoms with E-state index in [9.17, 15) is 0 Å². The second-order valence-corrected chi connectivity index (χ2v) is 5.85. The van der Waals surface area contributed by atoms with Gasteiger partial charge in [-0.25, -0.2) is 0 Å². The summed E-state index contributed by atoms with van der Waals surface area (Å²) in [6.07, 6.45) is 0.891. The van der Waals surface area contributed by atoms with Crippen LogP contribution in [-0.2, 0) is 6.42 Å². The fourth-order valence-electron chi connectivity index (χ4n) is 1.93. The number of nitrogens with zero attached hydrogens (tertiary/aromatic N) is 1. The zero-order chi connectivity index (χ0) is 12.4. The Bertz CT molecular complexity index is 678. The number of nitrogens with one attached hydrogen (secondary N) is 1. The Morgan fingerprint density at radius 1 is 1.00 bits per heavy atom. The third-order valence-corrected chi connectivity index (χ3v) is 4.42. The molecule has 0 aliphatic rings. The zero-order valence-electron chi connectivity index (χ0n) is 9.67. The summed E-state index contributed by atoms with van der Waals surface area (Å²) in [5.74, 6) is 0. The van der Waals surface area contributed by atoms with E-state index in [4.69, 9.17) is 5.41 Å². The van der Waals surface area contributed by atoms with Gasteiger partial charge < -0.3 is 0 Å². The predicted octanol–water partition coefficient (Wildman–Crippen LogP) is 3.67. The lowest BCUT2D eigenvalue weighted by Crippen LogP contribution is -2.13. The van der Waals surface area contributed by atoms with Gasteiger partial charge in [0.2, 0.25) is 0 Å². The summed E-state index contributed by atoms with van der Waals surface area (Å²) in [6, 6.07) is 14.3. The van der Waals surface area contributed by atoms with Crippen LogP contribution in [0.15, 0.2) is 53.2 Å². The van der Waals surface area contributed by atoms with Crippen LogP contribution in [0.2, 0.25) is 0 Å². The van der Waals surface area contributed by atoms with Gasteiger partial charge in [-0.05, 0) is 23.6 Å². The Labute approximate surface area is 113 Å². The van der Waals surface area contributed by atoms with Crippen LogP contribution in [0.25, 0.3) is 5.69 Å². The van der Waals surface area contributed by atoms with Crippen LogP contribution in [0.5, 0.6) is 0 Å². The van der Waals surface area contributed by atoms with Crippen molar-refractivity contribution in [3.8, 4) is 5.69 Å². The lowest BCUT2D eigenvalue weighted by atomic mass is 10.2. The molecule has 0 amide bonds. The number of hydrogen-bond acceptors (Lipinski definition) is 3. The van der Waals surface area contributed by atoms with Gasteiger partial charge in [0.1, 0.15) is 0 Å². The van der Waals surface area contributed by atoms with E-state index >= 15 is 0 Å². The summed E-state index contributed by atoms with van der Waals surface area (Å²) in [5, 5.41) is 12.2. The largest absolute Gasteiger partial charge is 0.290 e. The lowest BCUT2D eigenvalue weighted by molar-refractivity contribution is 0.903. The smallest absolute Gasteiger partial charge is 0.186 e. The maximum atomic E-state index is 8.04. The van der Waals surface area contributed by atoms with Gasteiger partial charge in [-0.15, -0.1) is 22.7 Å². The normalized spacial score (nSPS) is 10.7. The fourth-order valence-corrected chi connectivity index (χ4v) is 3.42. The highest BCUT2D eigenvalue weighted by Crippen LogP contribution is 2.18. The van der Waals surface area contributed by atoms with E-state index in [1.54, 1.807) is 11.3 Å². The van der Waals surface area contributed by atoms with Gasteiger partial charge in [0.25, 0.3) is 0 Å². The van der Waals surface area contributed by atoms with Gasteiger partial charge in [-0.1, -0.05) is 24.3 Å². The van der Waals surface area contributed by atoms with Gasteiger partial charge in [-0.3, -0.25) is 9.98 Å². The van der Waals surface area contributed by atoms with E-state index in [0.717, 1.165) is 12.1 Å². The number of benzene rings is 1. The molecule has 0 aliphatic carbocycles.